The normalized spacial score (nSPS) is 21.3. The van der Waals surface area contributed by atoms with E-state index >= 15 is 0 Å². The first-order valence-corrected chi connectivity index (χ1v) is 12.6. The highest BCUT2D eigenvalue weighted by molar-refractivity contribution is 6.06. The minimum Gasteiger partial charge on any atom is -0.497 e. The van der Waals surface area contributed by atoms with Crippen LogP contribution >= 0.6 is 0 Å². The summed E-state index contributed by atoms with van der Waals surface area (Å²) in [6, 6.07) is 9.75. The quantitative estimate of drug-likeness (QED) is 0.297. The maximum absolute atomic E-state index is 11.8. The summed E-state index contributed by atoms with van der Waals surface area (Å²) in [5.41, 5.74) is 10.1. The Kier molecular flexibility index (Phi) is 10.4. The highest BCUT2D eigenvalue weighted by Crippen LogP contribution is 2.27. The molecule has 206 valence electrons. The van der Waals surface area contributed by atoms with Gasteiger partial charge in [0, 0.05) is 24.1 Å². The zero-order valence-electron chi connectivity index (χ0n) is 21.9. The largest absolute Gasteiger partial charge is 0.497 e. The van der Waals surface area contributed by atoms with Crippen LogP contribution in [0.2, 0.25) is 0 Å². The van der Waals surface area contributed by atoms with Crippen molar-refractivity contribution in [1.82, 2.24) is 9.55 Å². The molecule has 4 unspecified atom stereocenters. The van der Waals surface area contributed by atoms with Gasteiger partial charge in [-0.25, -0.2) is 0 Å². The predicted octanol–water partition coefficient (Wildman–Crippen LogP) is 1.84. The summed E-state index contributed by atoms with van der Waals surface area (Å²) >= 11 is 0. The summed E-state index contributed by atoms with van der Waals surface area (Å²) in [4.78, 5) is 16.6. The van der Waals surface area contributed by atoms with Gasteiger partial charge >= 0.3 is 0 Å². The number of pyridine rings is 1. The first-order chi connectivity index (χ1) is 18.3. The Bertz CT molecular complexity index is 1240. The van der Waals surface area contributed by atoms with Crippen LogP contribution in [0.3, 0.4) is 0 Å². The summed E-state index contributed by atoms with van der Waals surface area (Å²) in [6.07, 6.45) is 4.46. The molecule has 1 aliphatic rings. The predicted molar refractivity (Wildman–Crippen MR) is 144 cm³/mol. The van der Waals surface area contributed by atoms with E-state index in [0.717, 1.165) is 34.5 Å². The molecule has 6 N–H and O–H groups in total. The van der Waals surface area contributed by atoms with E-state index in [9.17, 15) is 15.0 Å². The Balaban J connectivity index is 0.000000279. The summed E-state index contributed by atoms with van der Waals surface area (Å²) < 4.78 is 12.2. The standard InChI is InChI=1S/C21H23N3O2.C7H14O5/c1-4-6-19-14(5-2)7-8-15(23-19)12-24-13-18(21(22)25)17-10-9-16(26-3)11-20(17)24;8-2-4-1-6(10)5(3-9)7(11)12-4/h4,6-11,13H,5,12H2,1-3H3,(H2,22,25);4-11H,1-3H2/b6-4-;. The molecule has 3 heterocycles. The number of nitrogens with zero attached hydrogens (tertiary/aromatic N) is 2. The Morgan fingerprint density at radius 2 is 2.00 bits per heavy atom. The molecule has 4 atom stereocenters. The van der Waals surface area contributed by atoms with Crippen LogP contribution in [0.1, 0.15) is 47.6 Å². The molecule has 0 aliphatic carbocycles. The first-order valence-electron chi connectivity index (χ1n) is 12.6. The number of allylic oxidation sites excluding steroid dienone is 1. The molecule has 2 aromatic heterocycles. The van der Waals surface area contributed by atoms with Gasteiger partial charge in [-0.2, -0.15) is 0 Å². The van der Waals surface area contributed by atoms with Crippen molar-refractivity contribution in [2.45, 2.75) is 51.7 Å². The molecule has 0 spiro atoms. The number of hydrogen-bond donors (Lipinski definition) is 5. The Labute approximate surface area is 221 Å². The van der Waals surface area contributed by atoms with Crippen LogP contribution in [-0.4, -0.2) is 74.7 Å². The van der Waals surface area contributed by atoms with Crippen molar-refractivity contribution in [2.75, 3.05) is 20.3 Å². The lowest BCUT2D eigenvalue weighted by Crippen LogP contribution is -2.46. The third-order valence-corrected chi connectivity index (χ3v) is 6.57. The van der Waals surface area contributed by atoms with E-state index in [1.165, 1.54) is 5.56 Å². The minimum atomic E-state index is -1.18. The number of amides is 1. The highest BCUT2D eigenvalue weighted by atomic mass is 16.6. The third-order valence-electron chi connectivity index (χ3n) is 6.57. The fourth-order valence-corrected chi connectivity index (χ4v) is 4.45. The molecular weight excluding hydrogens is 490 g/mol. The van der Waals surface area contributed by atoms with Gasteiger partial charge in [-0.1, -0.05) is 19.1 Å². The fourth-order valence-electron chi connectivity index (χ4n) is 4.45. The molecule has 3 aromatic rings. The van der Waals surface area contributed by atoms with E-state index in [-0.39, 0.29) is 19.6 Å². The Hall–Kier alpha value is -3.28. The van der Waals surface area contributed by atoms with Crippen molar-refractivity contribution in [3.8, 4) is 5.75 Å². The topological polar surface area (TPSA) is 160 Å². The van der Waals surface area contributed by atoms with Crippen molar-refractivity contribution in [2.24, 2.45) is 11.7 Å². The smallest absolute Gasteiger partial charge is 0.250 e. The minimum absolute atomic E-state index is 0.230. The third kappa shape index (κ3) is 6.77. The molecule has 0 radical (unpaired) electrons. The van der Waals surface area contributed by atoms with Gasteiger partial charge in [0.25, 0.3) is 5.91 Å². The van der Waals surface area contributed by atoms with Crippen LogP contribution in [0.5, 0.6) is 5.75 Å². The molecule has 4 rings (SSSR count). The summed E-state index contributed by atoms with van der Waals surface area (Å²) in [5.74, 6) is -0.368. The number of aliphatic hydroxyl groups excluding tert-OH is 4. The molecule has 1 fully saturated rings. The number of fused-ring (bicyclic) bond motifs is 1. The summed E-state index contributed by atoms with van der Waals surface area (Å²) in [7, 11) is 1.62. The lowest BCUT2D eigenvalue weighted by Gasteiger charge is -2.35. The number of rotatable bonds is 8. The van der Waals surface area contributed by atoms with Crippen LogP contribution in [0.15, 0.2) is 42.6 Å². The molecular formula is C28H37N3O7. The number of nitrogens with two attached hydrogens (primary N) is 1. The van der Waals surface area contributed by atoms with Crippen molar-refractivity contribution in [3.63, 3.8) is 0 Å². The molecule has 0 bridgehead atoms. The van der Waals surface area contributed by atoms with Crippen LogP contribution in [0.4, 0.5) is 0 Å². The number of carbonyl (C=O) groups excluding carboxylic acids is 1. The fraction of sp³-hybridized carbons (Fsp3) is 0.429. The second kappa shape index (κ2) is 13.5. The van der Waals surface area contributed by atoms with E-state index in [4.69, 9.17) is 30.4 Å². The van der Waals surface area contributed by atoms with Crippen LogP contribution < -0.4 is 10.5 Å². The van der Waals surface area contributed by atoms with Crippen molar-refractivity contribution in [3.05, 3.63) is 65.1 Å². The molecule has 38 heavy (non-hydrogen) atoms. The number of benzene rings is 1. The van der Waals surface area contributed by atoms with Gasteiger partial charge in [-0.15, -0.1) is 0 Å². The average Bonchev–Trinajstić information content (AvgIpc) is 3.27. The van der Waals surface area contributed by atoms with Crippen LogP contribution in [-0.2, 0) is 17.7 Å². The van der Waals surface area contributed by atoms with Crippen molar-refractivity contribution in [1.29, 1.82) is 0 Å². The average molecular weight is 528 g/mol. The number of primary amides is 1. The van der Waals surface area contributed by atoms with Gasteiger partial charge in [0.15, 0.2) is 6.29 Å². The number of hydrogen-bond acceptors (Lipinski definition) is 8. The van der Waals surface area contributed by atoms with Gasteiger partial charge in [-0.05, 0) is 43.2 Å². The Morgan fingerprint density at radius 1 is 1.24 bits per heavy atom. The van der Waals surface area contributed by atoms with E-state index < -0.39 is 30.3 Å². The lowest BCUT2D eigenvalue weighted by atomic mass is 9.94. The summed E-state index contributed by atoms with van der Waals surface area (Å²) in [5, 5.41) is 36.7. The first kappa shape index (κ1) is 29.3. The number of methoxy groups -OCH3 is 1. The number of carbonyl (C=O) groups is 1. The Morgan fingerprint density at radius 3 is 2.58 bits per heavy atom. The number of aromatic nitrogens is 2. The molecule has 10 heteroatoms. The van der Waals surface area contributed by atoms with Gasteiger partial charge in [0.1, 0.15) is 5.75 Å². The SMILES string of the molecule is C/C=C\c1nc(Cn2cc(C(N)=O)c3ccc(OC)cc32)ccc1CC.OCC1CC(O)C(CO)C(O)O1. The zero-order valence-corrected chi connectivity index (χ0v) is 21.9. The number of aliphatic hydroxyl groups is 4. The second-order valence-electron chi connectivity index (χ2n) is 9.10. The lowest BCUT2D eigenvalue weighted by molar-refractivity contribution is -0.237. The second-order valence-corrected chi connectivity index (χ2v) is 9.10. The maximum Gasteiger partial charge on any atom is 0.250 e. The molecule has 1 amide bonds. The number of ether oxygens (including phenoxy) is 2. The molecule has 0 saturated carbocycles. The number of aryl methyl sites for hydroxylation is 1. The molecule has 10 nitrogen and oxygen atoms in total. The molecule has 1 aromatic carbocycles. The molecule has 1 aliphatic heterocycles. The highest BCUT2D eigenvalue weighted by Gasteiger charge is 2.35. The zero-order chi connectivity index (χ0) is 27.8. The van der Waals surface area contributed by atoms with E-state index in [0.29, 0.717) is 12.1 Å². The van der Waals surface area contributed by atoms with Gasteiger partial charge in [0.05, 0.1) is 67.5 Å². The van der Waals surface area contributed by atoms with Gasteiger partial charge in [0.2, 0.25) is 0 Å². The van der Waals surface area contributed by atoms with Crippen molar-refractivity contribution < 1.29 is 34.7 Å². The van der Waals surface area contributed by atoms with Gasteiger partial charge in [-0.3, -0.25) is 9.78 Å². The van der Waals surface area contributed by atoms with Crippen molar-refractivity contribution >= 4 is 22.9 Å². The van der Waals surface area contributed by atoms with Crippen LogP contribution in [0, 0.1) is 5.92 Å². The monoisotopic (exact) mass is 527 g/mol. The maximum atomic E-state index is 11.8. The summed E-state index contributed by atoms with van der Waals surface area (Å²) in [6.45, 7) is 4.10. The van der Waals surface area contributed by atoms with Gasteiger partial charge < -0.3 is 40.2 Å². The van der Waals surface area contributed by atoms with Crippen LogP contribution in [0.25, 0.3) is 17.0 Å². The van der Waals surface area contributed by atoms with E-state index in [2.05, 4.69) is 13.0 Å². The van der Waals surface area contributed by atoms with E-state index in [1.54, 1.807) is 13.3 Å². The molecule has 1 saturated heterocycles. The van der Waals surface area contributed by atoms with E-state index in [1.807, 2.05) is 47.9 Å².